The minimum absolute atomic E-state index is 0.0387. The Morgan fingerprint density at radius 1 is 1.32 bits per heavy atom. The summed E-state index contributed by atoms with van der Waals surface area (Å²) in [7, 11) is -3.91. The summed E-state index contributed by atoms with van der Waals surface area (Å²) in [6.07, 6.45) is 0.671. The first-order valence-corrected chi connectivity index (χ1v) is 10.1. The van der Waals surface area contributed by atoms with E-state index in [4.69, 9.17) is 27.9 Å². The van der Waals surface area contributed by atoms with Crippen LogP contribution in [0.25, 0.3) is 0 Å². The Bertz CT molecular complexity index is 792. The van der Waals surface area contributed by atoms with Crippen LogP contribution in [0.2, 0.25) is 10.0 Å². The second-order valence-electron chi connectivity index (χ2n) is 6.26. The smallest absolute Gasteiger partial charge is 0.340 e. The number of esters is 1. The van der Waals surface area contributed by atoms with Crippen LogP contribution in [0, 0.1) is 5.92 Å². The molecule has 1 aliphatic rings. The average molecular weight is 408 g/mol. The summed E-state index contributed by atoms with van der Waals surface area (Å²) in [6, 6.07) is 2.26. The maximum atomic E-state index is 12.4. The van der Waals surface area contributed by atoms with Gasteiger partial charge >= 0.3 is 5.97 Å². The zero-order valence-corrected chi connectivity index (χ0v) is 16.2. The molecule has 0 spiro atoms. The van der Waals surface area contributed by atoms with Crippen molar-refractivity contribution in [3.05, 3.63) is 27.7 Å². The van der Waals surface area contributed by atoms with Crippen molar-refractivity contribution in [2.75, 3.05) is 6.54 Å². The van der Waals surface area contributed by atoms with Crippen LogP contribution in [0.3, 0.4) is 0 Å². The van der Waals surface area contributed by atoms with Crippen LogP contribution in [0.4, 0.5) is 0 Å². The fourth-order valence-corrected chi connectivity index (χ4v) is 4.41. The number of Topliss-reactive ketones (excluding diaryl/α,β-unsaturated/α-hetero) is 1. The molecule has 1 fully saturated rings. The van der Waals surface area contributed by atoms with Gasteiger partial charge in [-0.15, -0.1) is 0 Å². The van der Waals surface area contributed by atoms with E-state index in [1.165, 1.54) is 6.07 Å². The highest BCUT2D eigenvalue weighted by Crippen LogP contribution is 2.30. The number of hydrogen-bond acceptors (Lipinski definition) is 5. The molecule has 0 saturated heterocycles. The Labute approximate surface area is 156 Å². The molecule has 0 aromatic heterocycles. The van der Waals surface area contributed by atoms with E-state index >= 15 is 0 Å². The van der Waals surface area contributed by atoms with Crippen molar-refractivity contribution in [2.45, 2.75) is 44.1 Å². The minimum atomic E-state index is -3.91. The van der Waals surface area contributed by atoms with Gasteiger partial charge in [0.1, 0.15) is 4.90 Å². The van der Waals surface area contributed by atoms with Crippen molar-refractivity contribution in [2.24, 2.45) is 5.92 Å². The van der Waals surface area contributed by atoms with Crippen LogP contribution in [-0.4, -0.2) is 32.8 Å². The molecule has 0 bridgehead atoms. The normalized spacial score (nSPS) is 18.0. The number of carbonyl (C=O) groups is 2. The van der Waals surface area contributed by atoms with Gasteiger partial charge in [0, 0.05) is 13.0 Å². The molecular weight excluding hydrogens is 389 g/mol. The highest BCUT2D eigenvalue weighted by Gasteiger charge is 2.30. The Hall–Kier alpha value is -1.15. The van der Waals surface area contributed by atoms with Gasteiger partial charge in [0.25, 0.3) is 0 Å². The molecule has 6 nitrogen and oxygen atoms in total. The predicted molar refractivity (Wildman–Crippen MR) is 94.6 cm³/mol. The third-order valence-corrected chi connectivity index (χ3v) is 5.91. The molecule has 138 valence electrons. The lowest BCUT2D eigenvalue weighted by Gasteiger charge is -2.14. The number of nitrogens with one attached hydrogen (secondary N) is 1. The molecule has 0 amide bonds. The van der Waals surface area contributed by atoms with Crippen molar-refractivity contribution in [3.63, 3.8) is 0 Å². The Balaban J connectivity index is 2.30. The molecule has 0 heterocycles. The third kappa shape index (κ3) is 4.94. The molecule has 1 aromatic carbocycles. The average Bonchev–Trinajstić information content (AvgIpc) is 2.90. The lowest BCUT2D eigenvalue weighted by atomic mass is 10.2. The SMILES string of the molecule is CC(C)CNS(=O)(=O)c1cc(C(=O)O[C@@H]2CCCC2=O)c(Cl)cc1Cl. The highest BCUT2D eigenvalue weighted by molar-refractivity contribution is 7.89. The van der Waals surface area contributed by atoms with E-state index in [0.717, 1.165) is 6.07 Å². The van der Waals surface area contributed by atoms with Crippen molar-refractivity contribution >= 4 is 45.0 Å². The molecule has 9 heteroatoms. The maximum Gasteiger partial charge on any atom is 0.340 e. The zero-order chi connectivity index (χ0) is 18.8. The topological polar surface area (TPSA) is 89.5 Å². The Morgan fingerprint density at radius 3 is 2.56 bits per heavy atom. The van der Waals surface area contributed by atoms with Gasteiger partial charge in [0.15, 0.2) is 11.9 Å². The molecule has 1 aliphatic carbocycles. The number of ketones is 1. The lowest BCUT2D eigenvalue weighted by molar-refractivity contribution is -0.124. The Morgan fingerprint density at radius 2 is 2.00 bits per heavy atom. The van der Waals surface area contributed by atoms with Gasteiger partial charge in [-0.3, -0.25) is 4.79 Å². The van der Waals surface area contributed by atoms with Gasteiger partial charge in [-0.1, -0.05) is 37.0 Å². The number of rotatable bonds is 6. The summed E-state index contributed by atoms with van der Waals surface area (Å²) in [6.45, 7) is 3.93. The number of halogens is 2. The molecule has 0 radical (unpaired) electrons. The lowest BCUT2D eigenvalue weighted by Crippen LogP contribution is -2.28. The van der Waals surface area contributed by atoms with Crippen molar-refractivity contribution in [3.8, 4) is 0 Å². The second-order valence-corrected chi connectivity index (χ2v) is 8.81. The maximum absolute atomic E-state index is 12.4. The molecule has 2 rings (SSSR count). The van der Waals surface area contributed by atoms with Gasteiger partial charge in [0.05, 0.1) is 15.6 Å². The molecule has 0 unspecified atom stereocenters. The summed E-state index contributed by atoms with van der Waals surface area (Å²) in [5.74, 6) is -0.897. The van der Waals surface area contributed by atoms with Gasteiger partial charge in [0.2, 0.25) is 10.0 Å². The monoisotopic (exact) mass is 407 g/mol. The predicted octanol–water partition coefficient (Wildman–Crippen LogP) is 3.21. The van der Waals surface area contributed by atoms with Crippen LogP contribution in [-0.2, 0) is 19.6 Å². The Kier molecular flexibility index (Phi) is 6.48. The van der Waals surface area contributed by atoms with Gasteiger partial charge in [-0.25, -0.2) is 17.9 Å². The number of benzene rings is 1. The van der Waals surface area contributed by atoms with Crippen LogP contribution < -0.4 is 4.72 Å². The van der Waals surface area contributed by atoms with E-state index < -0.39 is 22.1 Å². The van der Waals surface area contributed by atoms with Crippen molar-refractivity contribution < 1.29 is 22.7 Å². The van der Waals surface area contributed by atoms with Crippen LogP contribution in [0.1, 0.15) is 43.5 Å². The first-order valence-electron chi connectivity index (χ1n) is 7.84. The molecule has 1 atom stereocenters. The number of hydrogen-bond donors (Lipinski definition) is 1. The molecule has 0 aliphatic heterocycles. The van der Waals surface area contributed by atoms with E-state index in [-0.39, 0.29) is 38.8 Å². The van der Waals surface area contributed by atoms with E-state index in [2.05, 4.69) is 4.72 Å². The summed E-state index contributed by atoms with van der Waals surface area (Å²) in [5.41, 5.74) is -0.143. The number of sulfonamides is 1. The first kappa shape index (κ1) is 20.2. The standard InChI is InChI=1S/C16H19Cl2NO5S/c1-9(2)8-19-25(22,23)15-6-10(11(17)7-12(15)18)16(21)24-14-5-3-4-13(14)20/h6-7,9,14,19H,3-5,8H2,1-2H3/t14-/m1/s1. The van der Waals surface area contributed by atoms with E-state index in [1.807, 2.05) is 13.8 Å². The first-order chi connectivity index (χ1) is 11.6. The summed E-state index contributed by atoms with van der Waals surface area (Å²) in [4.78, 5) is 23.7. The van der Waals surface area contributed by atoms with Crippen LogP contribution in [0.15, 0.2) is 17.0 Å². The van der Waals surface area contributed by atoms with E-state index in [9.17, 15) is 18.0 Å². The molecule has 25 heavy (non-hydrogen) atoms. The highest BCUT2D eigenvalue weighted by atomic mass is 35.5. The molecular formula is C16H19Cl2NO5S. The fourth-order valence-electron chi connectivity index (χ4n) is 2.35. The molecule has 1 aromatic rings. The largest absolute Gasteiger partial charge is 0.451 e. The van der Waals surface area contributed by atoms with Gasteiger partial charge in [-0.2, -0.15) is 0 Å². The number of ether oxygens (including phenoxy) is 1. The molecule has 1 saturated carbocycles. The van der Waals surface area contributed by atoms with Gasteiger partial charge in [-0.05, 0) is 30.9 Å². The van der Waals surface area contributed by atoms with Gasteiger partial charge < -0.3 is 4.74 Å². The summed E-state index contributed by atoms with van der Waals surface area (Å²) < 4.78 is 32.4. The second kappa shape index (κ2) is 8.03. The van der Waals surface area contributed by atoms with E-state index in [0.29, 0.717) is 19.3 Å². The fraction of sp³-hybridized carbons (Fsp3) is 0.500. The van der Waals surface area contributed by atoms with E-state index in [1.54, 1.807) is 0 Å². The van der Waals surface area contributed by atoms with Crippen molar-refractivity contribution in [1.82, 2.24) is 4.72 Å². The number of carbonyl (C=O) groups excluding carboxylic acids is 2. The zero-order valence-electron chi connectivity index (χ0n) is 13.8. The minimum Gasteiger partial charge on any atom is -0.451 e. The third-order valence-electron chi connectivity index (χ3n) is 3.71. The summed E-state index contributed by atoms with van der Waals surface area (Å²) in [5, 5.41) is -0.141. The summed E-state index contributed by atoms with van der Waals surface area (Å²) >= 11 is 12.0. The van der Waals surface area contributed by atoms with Crippen molar-refractivity contribution in [1.29, 1.82) is 0 Å². The quantitative estimate of drug-likeness (QED) is 0.731. The molecule has 1 N–H and O–H groups in total. The van der Waals surface area contributed by atoms with Crippen LogP contribution in [0.5, 0.6) is 0 Å². The van der Waals surface area contributed by atoms with Crippen LogP contribution >= 0.6 is 23.2 Å².